The Morgan fingerprint density at radius 2 is 2.27 bits per heavy atom. The zero-order valence-electron chi connectivity index (χ0n) is 15.4. The number of rotatable bonds is 5. The molecule has 0 saturated carbocycles. The van der Waals surface area contributed by atoms with Crippen molar-refractivity contribution in [3.05, 3.63) is 47.8 Å². The number of carbonyl (C=O) groups excluding carboxylic acids is 1. The number of aromatic amines is 1. The molecule has 6 heteroatoms. The second-order valence-corrected chi connectivity index (χ2v) is 7.03. The number of hydrogen-bond donors (Lipinski definition) is 1. The monoisotopic (exact) mass is 351 g/mol. The number of fused-ring (bicyclic) bond motifs is 1. The lowest BCUT2D eigenvalue weighted by atomic mass is 10.2. The van der Waals surface area contributed by atoms with Crippen LogP contribution in [0.15, 0.2) is 30.6 Å². The molecule has 3 heterocycles. The molecule has 1 fully saturated rings. The average molecular weight is 351 g/mol. The molecule has 0 bridgehead atoms. The molecular weight excluding hydrogens is 326 g/mol. The highest BCUT2D eigenvalue weighted by atomic mass is 16.2. The van der Waals surface area contributed by atoms with Gasteiger partial charge in [-0.25, -0.2) is 9.97 Å². The second-order valence-electron chi connectivity index (χ2n) is 7.03. The number of aromatic nitrogens is 4. The topological polar surface area (TPSA) is 66.8 Å². The summed E-state index contributed by atoms with van der Waals surface area (Å²) in [6.45, 7) is 5.65. The van der Waals surface area contributed by atoms with Gasteiger partial charge in [-0.15, -0.1) is 0 Å². The maximum atomic E-state index is 12.8. The minimum Gasteiger partial charge on any atom is -0.340 e. The number of nitrogens with zero attached hydrogens (tertiary/aromatic N) is 4. The van der Waals surface area contributed by atoms with Crippen molar-refractivity contribution in [2.75, 3.05) is 6.54 Å². The molecule has 1 saturated heterocycles. The van der Waals surface area contributed by atoms with Crippen LogP contribution >= 0.6 is 0 Å². The molecule has 0 radical (unpaired) electrons. The SMILES string of the molecule is CCc1nccn1CCC(=O)N1CCC[C@H]1c1nc2ccc(C)cc2[nH]1. The molecule has 2 aromatic heterocycles. The van der Waals surface area contributed by atoms with Crippen LogP contribution < -0.4 is 0 Å². The first-order valence-electron chi connectivity index (χ1n) is 9.41. The van der Waals surface area contributed by atoms with Crippen LogP contribution in [0.5, 0.6) is 0 Å². The van der Waals surface area contributed by atoms with Crippen LogP contribution in [-0.2, 0) is 17.8 Å². The zero-order chi connectivity index (χ0) is 18.1. The molecule has 3 aromatic rings. The molecule has 1 N–H and O–H groups in total. The van der Waals surface area contributed by atoms with E-state index in [1.165, 1.54) is 5.56 Å². The largest absolute Gasteiger partial charge is 0.340 e. The molecule has 4 rings (SSSR count). The minimum atomic E-state index is 0.0589. The van der Waals surface area contributed by atoms with Crippen LogP contribution in [0.3, 0.4) is 0 Å². The maximum Gasteiger partial charge on any atom is 0.224 e. The highest BCUT2D eigenvalue weighted by molar-refractivity contribution is 5.78. The Labute approximate surface area is 153 Å². The van der Waals surface area contributed by atoms with Gasteiger partial charge >= 0.3 is 0 Å². The standard InChI is InChI=1S/C20H25N5O/c1-3-18-21-9-12-24(18)11-8-19(26)25-10-4-5-17(25)20-22-15-7-6-14(2)13-16(15)23-20/h6-7,9,12-13,17H,3-5,8,10-11H2,1-2H3,(H,22,23)/t17-/m0/s1. The molecule has 136 valence electrons. The molecule has 26 heavy (non-hydrogen) atoms. The number of carbonyl (C=O) groups is 1. The lowest BCUT2D eigenvalue weighted by Crippen LogP contribution is -2.31. The van der Waals surface area contributed by atoms with Gasteiger partial charge in [0.1, 0.15) is 11.6 Å². The lowest BCUT2D eigenvalue weighted by molar-refractivity contribution is -0.132. The van der Waals surface area contributed by atoms with E-state index in [0.717, 1.165) is 48.5 Å². The van der Waals surface area contributed by atoms with E-state index in [-0.39, 0.29) is 11.9 Å². The van der Waals surface area contributed by atoms with Crippen LogP contribution in [0.1, 0.15) is 49.4 Å². The second kappa shape index (κ2) is 6.94. The number of nitrogens with one attached hydrogen (secondary N) is 1. The number of benzene rings is 1. The number of H-pyrrole nitrogens is 1. The van der Waals surface area contributed by atoms with Crippen molar-refractivity contribution in [3.8, 4) is 0 Å². The minimum absolute atomic E-state index is 0.0589. The van der Waals surface area contributed by atoms with Gasteiger partial charge in [0.25, 0.3) is 0 Å². The van der Waals surface area contributed by atoms with Crippen LogP contribution in [0.25, 0.3) is 11.0 Å². The Morgan fingerprint density at radius 3 is 3.12 bits per heavy atom. The van der Waals surface area contributed by atoms with Gasteiger partial charge in [0.15, 0.2) is 0 Å². The first kappa shape index (κ1) is 16.8. The number of likely N-dealkylation sites (tertiary alicyclic amines) is 1. The Kier molecular flexibility index (Phi) is 4.49. The van der Waals surface area contributed by atoms with Crippen LogP contribution in [0.4, 0.5) is 0 Å². The first-order valence-corrected chi connectivity index (χ1v) is 9.41. The van der Waals surface area contributed by atoms with Crippen LogP contribution in [0.2, 0.25) is 0 Å². The summed E-state index contributed by atoms with van der Waals surface area (Å²) in [6.07, 6.45) is 7.13. The third-order valence-corrected chi connectivity index (χ3v) is 5.23. The molecule has 0 unspecified atom stereocenters. The zero-order valence-corrected chi connectivity index (χ0v) is 15.4. The highest BCUT2D eigenvalue weighted by Gasteiger charge is 2.31. The Hall–Kier alpha value is -2.63. The maximum absolute atomic E-state index is 12.8. The van der Waals surface area contributed by atoms with E-state index in [1.807, 2.05) is 17.2 Å². The van der Waals surface area contributed by atoms with Crippen molar-refractivity contribution >= 4 is 16.9 Å². The van der Waals surface area contributed by atoms with Crippen LogP contribution in [0, 0.1) is 6.92 Å². The van der Waals surface area contributed by atoms with Crippen LogP contribution in [-0.4, -0.2) is 36.9 Å². The van der Waals surface area contributed by atoms with Crippen molar-refractivity contribution < 1.29 is 4.79 Å². The predicted molar refractivity (Wildman–Crippen MR) is 101 cm³/mol. The summed E-state index contributed by atoms with van der Waals surface area (Å²) >= 11 is 0. The van der Waals surface area contributed by atoms with E-state index >= 15 is 0 Å². The van der Waals surface area contributed by atoms with Gasteiger partial charge in [-0.3, -0.25) is 4.79 Å². The smallest absolute Gasteiger partial charge is 0.224 e. The fraction of sp³-hybridized carbons (Fsp3) is 0.450. The van der Waals surface area contributed by atoms with Crippen molar-refractivity contribution in [1.29, 1.82) is 0 Å². The molecular formula is C20H25N5O. The quantitative estimate of drug-likeness (QED) is 0.766. The van der Waals surface area contributed by atoms with Crippen molar-refractivity contribution in [3.63, 3.8) is 0 Å². The summed E-state index contributed by atoms with van der Waals surface area (Å²) in [4.78, 5) is 27.3. The van der Waals surface area contributed by atoms with Gasteiger partial charge in [-0.05, 0) is 37.5 Å². The van der Waals surface area contributed by atoms with Crippen molar-refractivity contribution in [2.45, 2.75) is 52.1 Å². The summed E-state index contributed by atoms with van der Waals surface area (Å²) in [5.41, 5.74) is 3.22. The number of aryl methyl sites for hydroxylation is 3. The van der Waals surface area contributed by atoms with Gasteiger partial charge in [0.2, 0.25) is 5.91 Å². The third-order valence-electron chi connectivity index (χ3n) is 5.23. The van der Waals surface area contributed by atoms with E-state index in [9.17, 15) is 4.79 Å². The van der Waals surface area contributed by atoms with E-state index in [4.69, 9.17) is 4.98 Å². The van der Waals surface area contributed by atoms with Gasteiger partial charge in [0, 0.05) is 38.3 Å². The summed E-state index contributed by atoms with van der Waals surface area (Å²) in [7, 11) is 0. The summed E-state index contributed by atoms with van der Waals surface area (Å²) < 4.78 is 2.08. The van der Waals surface area contributed by atoms with Crippen molar-refractivity contribution in [2.24, 2.45) is 0 Å². The molecule has 1 aliphatic heterocycles. The van der Waals surface area contributed by atoms with Gasteiger partial charge in [-0.2, -0.15) is 0 Å². The van der Waals surface area contributed by atoms with Gasteiger partial charge in [0.05, 0.1) is 17.1 Å². The molecule has 0 spiro atoms. The molecule has 1 aromatic carbocycles. The lowest BCUT2D eigenvalue weighted by Gasteiger charge is -2.23. The third kappa shape index (κ3) is 3.11. The Morgan fingerprint density at radius 1 is 1.38 bits per heavy atom. The normalized spacial score (nSPS) is 17.3. The van der Waals surface area contributed by atoms with Gasteiger partial charge in [-0.1, -0.05) is 13.0 Å². The molecule has 1 aliphatic rings. The molecule has 1 atom stereocenters. The van der Waals surface area contributed by atoms with E-state index < -0.39 is 0 Å². The summed E-state index contributed by atoms with van der Waals surface area (Å²) in [5, 5.41) is 0. The van der Waals surface area contributed by atoms with E-state index in [0.29, 0.717) is 13.0 Å². The molecule has 1 amide bonds. The Bertz CT molecular complexity index is 925. The van der Waals surface area contributed by atoms with E-state index in [2.05, 4.69) is 40.5 Å². The van der Waals surface area contributed by atoms with Crippen molar-refractivity contribution in [1.82, 2.24) is 24.4 Å². The first-order chi connectivity index (χ1) is 12.7. The van der Waals surface area contributed by atoms with E-state index in [1.54, 1.807) is 6.20 Å². The molecule has 0 aliphatic carbocycles. The fourth-order valence-corrected chi connectivity index (χ4v) is 3.87. The highest BCUT2D eigenvalue weighted by Crippen LogP contribution is 2.32. The van der Waals surface area contributed by atoms with Gasteiger partial charge < -0.3 is 14.5 Å². The fourth-order valence-electron chi connectivity index (χ4n) is 3.87. The number of hydrogen-bond acceptors (Lipinski definition) is 3. The summed E-state index contributed by atoms with van der Waals surface area (Å²) in [6, 6.07) is 6.28. The Balaban J connectivity index is 1.49. The number of imidazole rings is 2. The molecule has 6 nitrogen and oxygen atoms in total. The predicted octanol–water partition coefficient (Wildman–Crippen LogP) is 3.38. The summed E-state index contributed by atoms with van der Waals surface area (Å²) in [5.74, 6) is 2.14. The number of amides is 1. The average Bonchev–Trinajstić information content (AvgIpc) is 3.36.